The minimum Gasteiger partial charge on any atom is -0.508 e. The van der Waals surface area contributed by atoms with E-state index in [9.17, 15) is 5.11 Å². The highest BCUT2D eigenvalue weighted by molar-refractivity contribution is 5.47. The number of nitrogens with one attached hydrogen (secondary N) is 1. The lowest BCUT2D eigenvalue weighted by Gasteiger charge is -2.31. The smallest absolute Gasteiger partial charge is 0.126 e. The van der Waals surface area contributed by atoms with Gasteiger partial charge in [-0.25, -0.2) is 0 Å². The Balaban J connectivity index is 1.73. The van der Waals surface area contributed by atoms with E-state index in [2.05, 4.69) is 5.32 Å². The molecule has 1 unspecified atom stereocenters. The first-order chi connectivity index (χ1) is 8.34. The molecule has 0 spiro atoms. The van der Waals surface area contributed by atoms with Gasteiger partial charge >= 0.3 is 0 Å². The third-order valence-corrected chi connectivity index (χ3v) is 3.93. The van der Waals surface area contributed by atoms with Gasteiger partial charge in [-0.2, -0.15) is 0 Å². The van der Waals surface area contributed by atoms with E-state index in [0.29, 0.717) is 17.7 Å². The molecule has 1 aromatic carbocycles. The van der Waals surface area contributed by atoms with Gasteiger partial charge in [-0.3, -0.25) is 0 Å². The molecule has 1 aromatic rings. The van der Waals surface area contributed by atoms with Crippen molar-refractivity contribution in [3.05, 3.63) is 23.8 Å². The summed E-state index contributed by atoms with van der Waals surface area (Å²) in [5.74, 6) is 1.62. The van der Waals surface area contributed by atoms with Crippen molar-refractivity contribution in [2.24, 2.45) is 0 Å². The largest absolute Gasteiger partial charge is 0.508 e. The summed E-state index contributed by atoms with van der Waals surface area (Å²) in [7, 11) is 0. The monoisotopic (exact) mass is 233 g/mol. The number of benzene rings is 1. The Kier molecular flexibility index (Phi) is 2.93. The zero-order valence-corrected chi connectivity index (χ0v) is 9.98. The van der Waals surface area contributed by atoms with Gasteiger partial charge in [-0.05, 0) is 31.4 Å². The highest BCUT2D eigenvalue weighted by Crippen LogP contribution is 2.39. The van der Waals surface area contributed by atoms with Crippen LogP contribution < -0.4 is 10.1 Å². The maximum Gasteiger partial charge on any atom is 0.126 e. The average molecular weight is 233 g/mol. The fourth-order valence-electron chi connectivity index (χ4n) is 2.65. The van der Waals surface area contributed by atoms with Crippen molar-refractivity contribution in [2.75, 3.05) is 13.2 Å². The van der Waals surface area contributed by atoms with Crippen LogP contribution in [0, 0.1) is 0 Å². The number of phenols is 1. The van der Waals surface area contributed by atoms with Crippen LogP contribution in [0.4, 0.5) is 0 Å². The molecule has 1 aliphatic heterocycles. The minimum absolute atomic E-state index is 0.377. The molecule has 1 aliphatic carbocycles. The van der Waals surface area contributed by atoms with Crippen LogP contribution in [-0.2, 0) is 0 Å². The van der Waals surface area contributed by atoms with Crippen molar-refractivity contribution in [3.8, 4) is 11.5 Å². The highest BCUT2D eigenvalue weighted by Gasteiger charge is 2.26. The lowest BCUT2D eigenvalue weighted by Crippen LogP contribution is -2.38. The molecule has 0 saturated heterocycles. The van der Waals surface area contributed by atoms with E-state index in [1.807, 2.05) is 12.1 Å². The fraction of sp³-hybridized carbons (Fsp3) is 0.571. The number of aromatic hydroxyl groups is 1. The van der Waals surface area contributed by atoms with Gasteiger partial charge in [0.25, 0.3) is 0 Å². The van der Waals surface area contributed by atoms with Crippen LogP contribution in [0.15, 0.2) is 18.2 Å². The SMILES string of the molecule is Oc1cccc2c1C(CNC1CCC1)CCO2. The van der Waals surface area contributed by atoms with E-state index in [1.165, 1.54) is 19.3 Å². The van der Waals surface area contributed by atoms with Crippen molar-refractivity contribution in [2.45, 2.75) is 37.6 Å². The zero-order chi connectivity index (χ0) is 11.7. The number of ether oxygens (including phenoxy) is 1. The summed E-state index contributed by atoms with van der Waals surface area (Å²) in [5, 5.41) is 13.5. The molecule has 1 saturated carbocycles. The molecule has 0 amide bonds. The standard InChI is InChI=1S/C14H19NO2/c16-12-5-2-6-13-14(12)10(7-8-17-13)9-15-11-3-1-4-11/h2,5-6,10-11,15-16H,1,3-4,7-9H2. The van der Waals surface area contributed by atoms with Gasteiger partial charge in [-0.15, -0.1) is 0 Å². The molecule has 2 N–H and O–H groups in total. The number of rotatable bonds is 3. The molecule has 1 atom stereocenters. The summed E-state index contributed by atoms with van der Waals surface area (Å²) in [4.78, 5) is 0. The summed E-state index contributed by atoms with van der Waals surface area (Å²) >= 11 is 0. The van der Waals surface area contributed by atoms with E-state index in [4.69, 9.17) is 4.74 Å². The van der Waals surface area contributed by atoms with Gasteiger partial charge in [0.05, 0.1) is 6.61 Å². The molecule has 17 heavy (non-hydrogen) atoms. The van der Waals surface area contributed by atoms with Crippen LogP contribution in [0.1, 0.15) is 37.2 Å². The first-order valence-electron chi connectivity index (χ1n) is 6.52. The van der Waals surface area contributed by atoms with Crippen LogP contribution in [0.5, 0.6) is 11.5 Å². The van der Waals surface area contributed by atoms with Gasteiger partial charge in [0, 0.05) is 24.1 Å². The molecule has 1 fully saturated rings. The second-order valence-corrected chi connectivity index (χ2v) is 5.06. The molecule has 0 radical (unpaired) electrons. The molecule has 0 aromatic heterocycles. The molecule has 92 valence electrons. The zero-order valence-electron chi connectivity index (χ0n) is 9.98. The van der Waals surface area contributed by atoms with Crippen LogP contribution in [-0.4, -0.2) is 24.3 Å². The summed E-state index contributed by atoms with van der Waals surface area (Å²) < 4.78 is 5.59. The molecule has 0 bridgehead atoms. The maximum absolute atomic E-state index is 9.96. The van der Waals surface area contributed by atoms with Crippen molar-refractivity contribution in [3.63, 3.8) is 0 Å². The Morgan fingerprint density at radius 1 is 1.29 bits per heavy atom. The van der Waals surface area contributed by atoms with E-state index in [-0.39, 0.29) is 0 Å². The molecule has 2 aliphatic rings. The molecule has 3 heteroatoms. The quantitative estimate of drug-likeness (QED) is 0.842. The molecule has 3 rings (SSSR count). The average Bonchev–Trinajstić information content (AvgIpc) is 2.27. The fourth-order valence-corrected chi connectivity index (χ4v) is 2.65. The Morgan fingerprint density at radius 2 is 2.18 bits per heavy atom. The third kappa shape index (κ3) is 2.12. The van der Waals surface area contributed by atoms with E-state index < -0.39 is 0 Å². The lowest BCUT2D eigenvalue weighted by atomic mass is 9.89. The number of fused-ring (bicyclic) bond motifs is 1. The molecule has 1 heterocycles. The van der Waals surface area contributed by atoms with Crippen molar-refractivity contribution < 1.29 is 9.84 Å². The minimum atomic E-state index is 0.377. The van der Waals surface area contributed by atoms with Gasteiger partial charge in [0.1, 0.15) is 11.5 Å². The van der Waals surface area contributed by atoms with Crippen molar-refractivity contribution in [1.82, 2.24) is 5.32 Å². The lowest BCUT2D eigenvalue weighted by molar-refractivity contribution is 0.249. The Morgan fingerprint density at radius 3 is 2.94 bits per heavy atom. The normalized spacial score (nSPS) is 23.6. The van der Waals surface area contributed by atoms with Crippen LogP contribution in [0.25, 0.3) is 0 Å². The van der Waals surface area contributed by atoms with E-state index >= 15 is 0 Å². The van der Waals surface area contributed by atoms with Crippen molar-refractivity contribution in [1.29, 1.82) is 0 Å². The summed E-state index contributed by atoms with van der Waals surface area (Å²) in [5.41, 5.74) is 0.991. The molecular formula is C14H19NO2. The van der Waals surface area contributed by atoms with Gasteiger partial charge in [-0.1, -0.05) is 12.5 Å². The Labute approximate surface area is 102 Å². The Bertz CT molecular complexity index is 401. The summed E-state index contributed by atoms with van der Waals surface area (Å²) in [6.07, 6.45) is 4.95. The van der Waals surface area contributed by atoms with Gasteiger partial charge < -0.3 is 15.2 Å². The summed E-state index contributed by atoms with van der Waals surface area (Å²) in [6, 6.07) is 6.25. The molecular weight excluding hydrogens is 214 g/mol. The predicted octanol–water partition coefficient (Wildman–Crippen LogP) is 2.40. The number of phenolic OH excluding ortho intramolecular Hbond substituents is 1. The number of hydrogen-bond donors (Lipinski definition) is 2. The Hall–Kier alpha value is -1.22. The van der Waals surface area contributed by atoms with E-state index in [1.54, 1.807) is 6.07 Å². The highest BCUT2D eigenvalue weighted by atomic mass is 16.5. The summed E-state index contributed by atoms with van der Waals surface area (Å²) in [6.45, 7) is 1.71. The second-order valence-electron chi connectivity index (χ2n) is 5.06. The first kappa shape index (κ1) is 10.9. The van der Waals surface area contributed by atoms with Crippen LogP contribution in [0.2, 0.25) is 0 Å². The number of hydrogen-bond acceptors (Lipinski definition) is 3. The maximum atomic E-state index is 9.96. The van der Waals surface area contributed by atoms with Gasteiger partial charge in [0.15, 0.2) is 0 Å². The third-order valence-electron chi connectivity index (χ3n) is 3.93. The van der Waals surface area contributed by atoms with Crippen molar-refractivity contribution >= 4 is 0 Å². The first-order valence-corrected chi connectivity index (χ1v) is 6.52. The van der Waals surface area contributed by atoms with Crippen LogP contribution in [0.3, 0.4) is 0 Å². The van der Waals surface area contributed by atoms with Gasteiger partial charge in [0.2, 0.25) is 0 Å². The van der Waals surface area contributed by atoms with E-state index in [0.717, 1.165) is 30.9 Å². The molecule has 3 nitrogen and oxygen atoms in total. The topological polar surface area (TPSA) is 41.5 Å². The second kappa shape index (κ2) is 4.57. The predicted molar refractivity (Wildman–Crippen MR) is 66.6 cm³/mol. The van der Waals surface area contributed by atoms with Crippen LogP contribution >= 0.6 is 0 Å².